The van der Waals surface area contributed by atoms with E-state index < -0.39 is 6.10 Å². The van der Waals surface area contributed by atoms with Crippen molar-refractivity contribution in [3.63, 3.8) is 0 Å². The van der Waals surface area contributed by atoms with Crippen LogP contribution in [0.4, 0.5) is 5.82 Å². The van der Waals surface area contributed by atoms with Gasteiger partial charge in [-0.15, -0.1) is 0 Å². The van der Waals surface area contributed by atoms with Gasteiger partial charge in [0.25, 0.3) is 0 Å². The average Bonchev–Trinajstić information content (AvgIpc) is 2.89. The van der Waals surface area contributed by atoms with E-state index in [1.54, 1.807) is 12.3 Å². The zero-order valence-corrected chi connectivity index (χ0v) is 10.9. The van der Waals surface area contributed by atoms with Crippen LogP contribution in [-0.2, 0) is 0 Å². The topological polar surface area (TPSA) is 87.3 Å². The molecule has 0 fully saturated rings. The summed E-state index contributed by atoms with van der Waals surface area (Å²) in [6, 6.07) is 3.64. The molecule has 2 heterocycles. The summed E-state index contributed by atoms with van der Waals surface area (Å²) in [5.41, 5.74) is 0.744. The van der Waals surface area contributed by atoms with Crippen LogP contribution in [0.2, 0.25) is 0 Å². The van der Waals surface area contributed by atoms with E-state index >= 15 is 0 Å². The lowest BCUT2D eigenvalue weighted by molar-refractivity contribution is 0.148. The quantitative estimate of drug-likeness (QED) is 0.783. The van der Waals surface area contributed by atoms with Gasteiger partial charge in [0, 0.05) is 19.3 Å². The summed E-state index contributed by atoms with van der Waals surface area (Å²) in [6.07, 6.45) is 2.46. The van der Waals surface area contributed by atoms with E-state index in [4.69, 9.17) is 4.52 Å². The summed E-state index contributed by atoms with van der Waals surface area (Å²) >= 11 is 0. The van der Waals surface area contributed by atoms with Crippen LogP contribution >= 0.6 is 0 Å². The standard InChI is InChI=1S/C12H17N5O2/c1-17(2)7-9(18)6-14-11-10(4-3-5-13-11)12-15-8-19-16-12/h3-5,8-9,18H,6-7H2,1-2H3,(H,13,14). The third kappa shape index (κ3) is 3.73. The number of hydrogen-bond acceptors (Lipinski definition) is 7. The number of aliphatic hydroxyl groups is 1. The molecule has 7 heteroatoms. The minimum absolute atomic E-state index is 0.403. The maximum Gasteiger partial charge on any atom is 0.214 e. The molecule has 2 N–H and O–H groups in total. The molecule has 0 bridgehead atoms. The summed E-state index contributed by atoms with van der Waals surface area (Å²) in [7, 11) is 3.82. The first-order valence-corrected chi connectivity index (χ1v) is 5.95. The normalized spacial score (nSPS) is 12.6. The summed E-state index contributed by atoms with van der Waals surface area (Å²) in [4.78, 5) is 10.1. The largest absolute Gasteiger partial charge is 0.390 e. The molecule has 0 radical (unpaired) electrons. The molecular weight excluding hydrogens is 246 g/mol. The molecule has 7 nitrogen and oxygen atoms in total. The number of anilines is 1. The molecule has 0 spiro atoms. The lowest BCUT2D eigenvalue weighted by Gasteiger charge is -2.17. The van der Waals surface area contributed by atoms with Crippen LogP contribution in [0.15, 0.2) is 29.2 Å². The van der Waals surface area contributed by atoms with Crippen molar-refractivity contribution in [3.8, 4) is 11.4 Å². The van der Waals surface area contributed by atoms with Gasteiger partial charge in [-0.25, -0.2) is 4.98 Å². The van der Waals surface area contributed by atoms with Gasteiger partial charge in [-0.1, -0.05) is 5.16 Å². The van der Waals surface area contributed by atoms with Gasteiger partial charge in [0.05, 0.1) is 11.7 Å². The zero-order valence-electron chi connectivity index (χ0n) is 10.9. The molecule has 0 aromatic carbocycles. The van der Waals surface area contributed by atoms with Crippen molar-refractivity contribution in [1.29, 1.82) is 0 Å². The van der Waals surface area contributed by atoms with Crippen molar-refractivity contribution in [2.24, 2.45) is 0 Å². The molecule has 1 unspecified atom stereocenters. The van der Waals surface area contributed by atoms with Gasteiger partial charge in [-0.3, -0.25) is 0 Å². The van der Waals surface area contributed by atoms with Gasteiger partial charge >= 0.3 is 0 Å². The van der Waals surface area contributed by atoms with Crippen LogP contribution in [0.1, 0.15) is 0 Å². The SMILES string of the molecule is CN(C)CC(O)CNc1ncccc1-c1ncon1. The molecule has 1 atom stereocenters. The Morgan fingerprint density at radius 1 is 1.42 bits per heavy atom. The number of aromatic nitrogens is 3. The third-order valence-corrected chi connectivity index (χ3v) is 2.49. The predicted molar refractivity (Wildman–Crippen MR) is 70.6 cm³/mol. The van der Waals surface area contributed by atoms with Crippen molar-refractivity contribution in [2.45, 2.75) is 6.10 Å². The van der Waals surface area contributed by atoms with E-state index in [0.717, 1.165) is 5.56 Å². The Bertz CT molecular complexity index is 501. The highest BCUT2D eigenvalue weighted by molar-refractivity contribution is 5.69. The molecule has 19 heavy (non-hydrogen) atoms. The van der Waals surface area contributed by atoms with Crippen molar-refractivity contribution >= 4 is 5.82 Å². The Hall–Kier alpha value is -1.99. The van der Waals surface area contributed by atoms with E-state index in [1.807, 2.05) is 25.1 Å². The van der Waals surface area contributed by atoms with Crippen LogP contribution in [0.25, 0.3) is 11.4 Å². The second-order valence-corrected chi connectivity index (χ2v) is 4.45. The van der Waals surface area contributed by atoms with Crippen molar-refractivity contribution in [3.05, 3.63) is 24.7 Å². The van der Waals surface area contributed by atoms with E-state index in [1.165, 1.54) is 6.39 Å². The number of aliphatic hydroxyl groups excluding tert-OH is 1. The molecule has 2 aromatic rings. The van der Waals surface area contributed by atoms with Gasteiger partial charge in [-0.2, -0.15) is 4.98 Å². The van der Waals surface area contributed by atoms with Crippen molar-refractivity contribution < 1.29 is 9.63 Å². The number of rotatable bonds is 6. The fourth-order valence-corrected chi connectivity index (χ4v) is 1.72. The van der Waals surface area contributed by atoms with Crippen LogP contribution < -0.4 is 5.32 Å². The lowest BCUT2D eigenvalue weighted by Crippen LogP contribution is -2.31. The zero-order chi connectivity index (χ0) is 13.7. The van der Waals surface area contributed by atoms with Crippen molar-refractivity contribution in [2.75, 3.05) is 32.5 Å². The molecule has 0 aliphatic rings. The first-order valence-electron chi connectivity index (χ1n) is 5.95. The number of likely N-dealkylation sites (N-methyl/N-ethyl adjacent to an activating group) is 1. The third-order valence-electron chi connectivity index (χ3n) is 2.49. The van der Waals surface area contributed by atoms with Gasteiger partial charge in [0.15, 0.2) is 0 Å². The Kier molecular flexibility index (Phi) is 4.43. The number of nitrogens with one attached hydrogen (secondary N) is 1. The fourth-order valence-electron chi connectivity index (χ4n) is 1.72. The van der Waals surface area contributed by atoms with Crippen LogP contribution in [0, 0.1) is 0 Å². The van der Waals surface area contributed by atoms with Gasteiger partial charge < -0.3 is 19.8 Å². The maximum absolute atomic E-state index is 9.82. The fraction of sp³-hybridized carbons (Fsp3) is 0.417. The minimum Gasteiger partial charge on any atom is -0.390 e. The van der Waals surface area contributed by atoms with Crippen LogP contribution in [-0.4, -0.2) is 58.4 Å². The van der Waals surface area contributed by atoms with Gasteiger partial charge in [0.1, 0.15) is 5.82 Å². The maximum atomic E-state index is 9.82. The molecular formula is C12H17N5O2. The monoisotopic (exact) mass is 263 g/mol. The predicted octanol–water partition coefficient (Wildman–Crippen LogP) is 0.466. The molecule has 0 aliphatic carbocycles. The van der Waals surface area contributed by atoms with Gasteiger partial charge in [-0.05, 0) is 26.2 Å². The van der Waals surface area contributed by atoms with Crippen molar-refractivity contribution in [1.82, 2.24) is 20.0 Å². The number of hydrogen-bond donors (Lipinski definition) is 2. The Balaban J connectivity index is 2.05. The first kappa shape index (κ1) is 13.4. The van der Waals surface area contributed by atoms with Crippen LogP contribution in [0.3, 0.4) is 0 Å². The van der Waals surface area contributed by atoms with E-state index in [-0.39, 0.29) is 0 Å². The second-order valence-electron chi connectivity index (χ2n) is 4.45. The molecule has 0 saturated heterocycles. The average molecular weight is 263 g/mol. The highest BCUT2D eigenvalue weighted by atomic mass is 16.5. The first-order chi connectivity index (χ1) is 9.16. The summed E-state index contributed by atoms with van der Waals surface area (Å²) < 4.78 is 4.73. The molecule has 0 amide bonds. The van der Waals surface area contributed by atoms with Gasteiger partial charge in [0.2, 0.25) is 12.2 Å². The number of pyridine rings is 1. The molecule has 2 aromatic heterocycles. The summed E-state index contributed by atoms with van der Waals surface area (Å²) in [5.74, 6) is 1.10. The summed E-state index contributed by atoms with van der Waals surface area (Å²) in [5, 5.41) is 16.7. The van der Waals surface area contributed by atoms with E-state index in [9.17, 15) is 5.11 Å². The minimum atomic E-state index is -0.477. The molecule has 102 valence electrons. The highest BCUT2D eigenvalue weighted by Gasteiger charge is 2.12. The van der Waals surface area contributed by atoms with E-state index in [2.05, 4.69) is 20.4 Å². The Labute approximate surface area is 111 Å². The second kappa shape index (κ2) is 6.26. The Morgan fingerprint density at radius 3 is 2.95 bits per heavy atom. The molecule has 2 rings (SSSR count). The number of nitrogens with zero attached hydrogens (tertiary/aromatic N) is 4. The molecule has 0 saturated carbocycles. The highest BCUT2D eigenvalue weighted by Crippen LogP contribution is 2.21. The smallest absolute Gasteiger partial charge is 0.214 e. The van der Waals surface area contributed by atoms with Crippen LogP contribution in [0.5, 0.6) is 0 Å². The molecule has 0 aliphatic heterocycles. The Morgan fingerprint density at radius 2 is 2.26 bits per heavy atom. The lowest BCUT2D eigenvalue weighted by atomic mass is 10.2. The van der Waals surface area contributed by atoms with E-state index in [0.29, 0.717) is 24.7 Å². The summed E-state index contributed by atoms with van der Waals surface area (Å²) in [6.45, 7) is 0.984.